The lowest BCUT2D eigenvalue weighted by atomic mass is 10.1. The van der Waals surface area contributed by atoms with Crippen molar-refractivity contribution >= 4 is 26.8 Å². The van der Waals surface area contributed by atoms with Crippen LogP contribution in [0.3, 0.4) is 0 Å². The molecule has 1 aromatic heterocycles. The molecule has 0 saturated heterocycles. The molecule has 0 atom stereocenters. The van der Waals surface area contributed by atoms with E-state index in [0.717, 1.165) is 15.2 Å². The fourth-order valence-electron chi connectivity index (χ4n) is 2.16. The van der Waals surface area contributed by atoms with Gasteiger partial charge in [-0.05, 0) is 17.5 Å². The first kappa shape index (κ1) is 17.2. The number of carbonyl (C=O) groups is 1. The summed E-state index contributed by atoms with van der Waals surface area (Å²) in [5, 5.41) is 3.25. The van der Waals surface area contributed by atoms with Crippen molar-refractivity contribution in [2.45, 2.75) is 0 Å². The number of para-hydroxylation sites is 1. The van der Waals surface area contributed by atoms with Gasteiger partial charge in [-0.2, -0.15) is 0 Å². The maximum Gasteiger partial charge on any atom is 0.263 e. The van der Waals surface area contributed by atoms with E-state index in [2.05, 4.69) is 5.32 Å². The predicted octanol–water partition coefficient (Wildman–Crippen LogP) is 0.160. The molecule has 0 saturated carbocycles. The van der Waals surface area contributed by atoms with Gasteiger partial charge in [0.05, 0.1) is 11.3 Å². The number of rotatable bonds is 5. The van der Waals surface area contributed by atoms with E-state index in [1.165, 1.54) is 24.7 Å². The van der Waals surface area contributed by atoms with E-state index in [1.807, 2.05) is 18.2 Å². The van der Waals surface area contributed by atoms with Crippen LogP contribution < -0.4 is 10.9 Å². The van der Waals surface area contributed by atoms with Crippen LogP contribution >= 0.6 is 0 Å². The van der Waals surface area contributed by atoms with E-state index in [1.54, 1.807) is 13.1 Å². The molecule has 0 fully saturated rings. The Morgan fingerprint density at radius 2 is 1.91 bits per heavy atom. The van der Waals surface area contributed by atoms with Crippen molar-refractivity contribution in [1.29, 1.82) is 0 Å². The zero-order chi connectivity index (χ0) is 17.2. The molecular weight excluding hydrogens is 318 g/mol. The number of aromatic nitrogens is 1. The highest BCUT2D eigenvalue weighted by Gasteiger charge is 2.17. The van der Waals surface area contributed by atoms with Gasteiger partial charge in [-0.1, -0.05) is 18.2 Å². The van der Waals surface area contributed by atoms with Crippen LogP contribution in [0.4, 0.5) is 0 Å². The van der Waals surface area contributed by atoms with Gasteiger partial charge < -0.3 is 9.88 Å². The second-order valence-electron chi connectivity index (χ2n) is 5.34. The Balaban J connectivity index is 2.22. The number of pyridine rings is 1. The van der Waals surface area contributed by atoms with Gasteiger partial charge in [0.1, 0.15) is 5.56 Å². The van der Waals surface area contributed by atoms with E-state index < -0.39 is 21.5 Å². The molecule has 0 aliphatic carbocycles. The minimum Gasteiger partial charge on any atom is -0.351 e. The Bertz CT molecular complexity index is 901. The Kier molecular flexibility index (Phi) is 4.86. The number of fused-ring (bicyclic) bond motifs is 1. The molecule has 1 heterocycles. The van der Waals surface area contributed by atoms with Gasteiger partial charge in [-0.25, -0.2) is 12.7 Å². The van der Waals surface area contributed by atoms with Crippen molar-refractivity contribution in [3.8, 4) is 0 Å². The van der Waals surface area contributed by atoms with Gasteiger partial charge in [0.15, 0.2) is 0 Å². The molecule has 1 aromatic carbocycles. The van der Waals surface area contributed by atoms with Gasteiger partial charge in [0.25, 0.3) is 11.5 Å². The molecule has 2 aromatic rings. The topological polar surface area (TPSA) is 88.5 Å². The summed E-state index contributed by atoms with van der Waals surface area (Å²) < 4.78 is 25.8. The SMILES string of the molecule is CN(C)S(=O)(=O)CCNC(=O)c1cc2ccccc2n(C)c1=O. The summed E-state index contributed by atoms with van der Waals surface area (Å²) in [6.45, 7) is -0.0602. The maximum absolute atomic E-state index is 12.3. The quantitative estimate of drug-likeness (QED) is 0.842. The average molecular weight is 337 g/mol. The normalized spacial score (nSPS) is 11.8. The Labute approximate surface area is 134 Å². The number of hydrogen-bond acceptors (Lipinski definition) is 4. The number of nitrogens with one attached hydrogen (secondary N) is 1. The van der Waals surface area contributed by atoms with Crippen molar-refractivity contribution in [3.05, 3.63) is 46.2 Å². The van der Waals surface area contributed by atoms with E-state index in [0.29, 0.717) is 0 Å². The average Bonchev–Trinajstić information content (AvgIpc) is 2.50. The number of hydrogen-bond donors (Lipinski definition) is 1. The summed E-state index contributed by atoms with van der Waals surface area (Å²) in [4.78, 5) is 24.5. The summed E-state index contributed by atoms with van der Waals surface area (Å²) >= 11 is 0. The van der Waals surface area contributed by atoms with Crippen molar-refractivity contribution in [1.82, 2.24) is 14.2 Å². The van der Waals surface area contributed by atoms with Gasteiger partial charge in [-0.3, -0.25) is 9.59 Å². The summed E-state index contributed by atoms with van der Waals surface area (Å²) in [5.41, 5.74) is 0.300. The monoisotopic (exact) mass is 337 g/mol. The molecule has 7 nitrogen and oxygen atoms in total. The first-order chi connectivity index (χ1) is 10.7. The molecule has 1 N–H and O–H groups in total. The number of amides is 1. The van der Waals surface area contributed by atoms with Crippen LogP contribution in [0.1, 0.15) is 10.4 Å². The summed E-state index contributed by atoms with van der Waals surface area (Å²) in [6.07, 6.45) is 0. The zero-order valence-electron chi connectivity index (χ0n) is 13.2. The van der Waals surface area contributed by atoms with Crippen LogP contribution in [-0.4, -0.2) is 49.6 Å². The second-order valence-corrected chi connectivity index (χ2v) is 7.64. The van der Waals surface area contributed by atoms with Crippen LogP contribution in [0.15, 0.2) is 35.1 Å². The minimum absolute atomic E-state index is 0.00606. The number of sulfonamides is 1. The Hall–Kier alpha value is -2.19. The highest BCUT2D eigenvalue weighted by molar-refractivity contribution is 7.89. The molecule has 0 aliphatic heterocycles. The molecule has 0 aliphatic rings. The Morgan fingerprint density at radius 1 is 1.26 bits per heavy atom. The molecule has 124 valence electrons. The fraction of sp³-hybridized carbons (Fsp3) is 0.333. The van der Waals surface area contributed by atoms with Crippen LogP contribution in [0.5, 0.6) is 0 Å². The van der Waals surface area contributed by atoms with E-state index in [-0.39, 0.29) is 17.9 Å². The number of nitrogens with zero attached hydrogens (tertiary/aromatic N) is 2. The predicted molar refractivity (Wildman–Crippen MR) is 89.0 cm³/mol. The van der Waals surface area contributed by atoms with Gasteiger partial charge >= 0.3 is 0 Å². The minimum atomic E-state index is -3.39. The van der Waals surface area contributed by atoms with Gasteiger partial charge in [0, 0.05) is 27.7 Å². The number of benzene rings is 1. The second kappa shape index (κ2) is 6.51. The van der Waals surface area contributed by atoms with Gasteiger partial charge in [-0.15, -0.1) is 0 Å². The fourth-order valence-corrected chi connectivity index (χ4v) is 2.88. The maximum atomic E-state index is 12.3. The lowest BCUT2D eigenvalue weighted by Gasteiger charge is -2.12. The van der Waals surface area contributed by atoms with Crippen molar-refractivity contribution in [2.24, 2.45) is 7.05 Å². The third-order valence-corrected chi connectivity index (χ3v) is 5.41. The molecule has 0 radical (unpaired) electrons. The highest BCUT2D eigenvalue weighted by Crippen LogP contribution is 2.12. The van der Waals surface area contributed by atoms with Crippen LogP contribution in [0.25, 0.3) is 10.9 Å². The largest absolute Gasteiger partial charge is 0.351 e. The van der Waals surface area contributed by atoms with Crippen molar-refractivity contribution < 1.29 is 13.2 Å². The molecule has 0 bridgehead atoms. The first-order valence-electron chi connectivity index (χ1n) is 7.01. The molecule has 0 unspecified atom stereocenters. The summed E-state index contributed by atoms with van der Waals surface area (Å²) in [7, 11) is 1.06. The van der Waals surface area contributed by atoms with E-state index >= 15 is 0 Å². The Morgan fingerprint density at radius 3 is 2.57 bits per heavy atom. The molecule has 23 heavy (non-hydrogen) atoms. The first-order valence-corrected chi connectivity index (χ1v) is 8.62. The number of carbonyl (C=O) groups excluding carboxylic acids is 1. The van der Waals surface area contributed by atoms with Crippen LogP contribution in [-0.2, 0) is 17.1 Å². The molecular formula is C15H19N3O4S. The summed E-state index contributed by atoms with van der Waals surface area (Å²) in [5.74, 6) is -0.801. The standard InChI is InChI=1S/C15H19N3O4S/c1-17(2)23(21,22)9-8-16-14(19)12-10-11-6-4-5-7-13(11)18(3)15(12)20/h4-7,10H,8-9H2,1-3H3,(H,16,19). The summed E-state index contributed by atoms with van der Waals surface area (Å²) in [6, 6.07) is 8.75. The van der Waals surface area contributed by atoms with Crippen molar-refractivity contribution in [3.63, 3.8) is 0 Å². The van der Waals surface area contributed by atoms with Crippen LogP contribution in [0, 0.1) is 0 Å². The lowest BCUT2D eigenvalue weighted by Crippen LogP contribution is -2.36. The molecule has 1 amide bonds. The lowest BCUT2D eigenvalue weighted by molar-refractivity contribution is 0.0954. The molecule has 8 heteroatoms. The van der Waals surface area contributed by atoms with Crippen LogP contribution in [0.2, 0.25) is 0 Å². The molecule has 2 rings (SSSR count). The van der Waals surface area contributed by atoms with E-state index in [9.17, 15) is 18.0 Å². The third-order valence-electron chi connectivity index (χ3n) is 3.58. The molecule has 0 spiro atoms. The number of aryl methyl sites for hydroxylation is 1. The zero-order valence-corrected chi connectivity index (χ0v) is 14.1. The van der Waals surface area contributed by atoms with Gasteiger partial charge in [0.2, 0.25) is 10.0 Å². The smallest absolute Gasteiger partial charge is 0.263 e. The third kappa shape index (κ3) is 3.59. The van der Waals surface area contributed by atoms with E-state index in [4.69, 9.17) is 0 Å². The highest BCUT2D eigenvalue weighted by atomic mass is 32.2. The van der Waals surface area contributed by atoms with Crippen molar-refractivity contribution in [2.75, 3.05) is 26.4 Å².